The van der Waals surface area contributed by atoms with Crippen LogP contribution in [0.1, 0.15) is 54.6 Å². The Kier molecular flexibility index (Phi) is 7.31. The van der Waals surface area contributed by atoms with Gasteiger partial charge in [-0.1, -0.05) is 0 Å². The lowest BCUT2D eigenvalue weighted by Crippen LogP contribution is -2.58. The van der Waals surface area contributed by atoms with Gasteiger partial charge in [-0.25, -0.2) is 4.39 Å². The van der Waals surface area contributed by atoms with Gasteiger partial charge in [-0.05, 0) is 74.0 Å². The first-order valence-electron chi connectivity index (χ1n) is 11.5. The SMILES string of the molecule is CCN(C(=O)CCC(=O)O)C1c2cc(F)ccc2N(C(=O)c2ccc(SC(F)(F)F)cc2)[C@@H]2CC[C@H]12. The van der Waals surface area contributed by atoms with E-state index in [9.17, 15) is 31.9 Å². The van der Waals surface area contributed by atoms with Gasteiger partial charge in [-0.3, -0.25) is 14.4 Å². The summed E-state index contributed by atoms with van der Waals surface area (Å²) in [5, 5.41) is 8.98. The van der Waals surface area contributed by atoms with Crippen molar-refractivity contribution in [1.29, 1.82) is 0 Å². The smallest absolute Gasteiger partial charge is 0.446 e. The second kappa shape index (κ2) is 10.1. The van der Waals surface area contributed by atoms with E-state index in [4.69, 9.17) is 5.11 Å². The normalized spacial score (nSPS) is 20.7. The summed E-state index contributed by atoms with van der Waals surface area (Å²) in [6, 6.07) is 8.35. The van der Waals surface area contributed by atoms with E-state index in [1.165, 1.54) is 42.5 Å². The summed E-state index contributed by atoms with van der Waals surface area (Å²) in [6.07, 6.45) is 0.817. The summed E-state index contributed by atoms with van der Waals surface area (Å²) in [6.45, 7) is 2.05. The number of anilines is 1. The van der Waals surface area contributed by atoms with E-state index in [-0.39, 0.29) is 59.5 Å². The first-order valence-corrected chi connectivity index (χ1v) is 12.3. The van der Waals surface area contributed by atoms with Crippen molar-refractivity contribution in [3.05, 3.63) is 59.4 Å². The highest BCUT2D eigenvalue weighted by Gasteiger charge is 2.51. The number of carbonyl (C=O) groups is 3. The maximum Gasteiger partial charge on any atom is 0.446 e. The molecular formula is C25H24F4N2O4S. The zero-order valence-electron chi connectivity index (χ0n) is 19.3. The van der Waals surface area contributed by atoms with Crippen LogP contribution in [0.2, 0.25) is 0 Å². The number of carbonyl (C=O) groups excluding carboxylic acids is 2. The summed E-state index contributed by atoms with van der Waals surface area (Å²) in [7, 11) is 0. The average molecular weight is 525 g/mol. The Balaban J connectivity index is 1.68. The Morgan fingerprint density at radius 1 is 1.08 bits per heavy atom. The van der Waals surface area contributed by atoms with Gasteiger partial charge in [-0.15, -0.1) is 0 Å². The minimum absolute atomic E-state index is 0.0415. The highest BCUT2D eigenvalue weighted by molar-refractivity contribution is 8.00. The molecule has 2 aromatic carbocycles. The van der Waals surface area contributed by atoms with Crippen molar-refractivity contribution in [3.8, 4) is 0 Å². The highest BCUT2D eigenvalue weighted by Crippen LogP contribution is 2.52. The molecule has 0 aromatic heterocycles. The van der Waals surface area contributed by atoms with Gasteiger partial charge in [0.15, 0.2) is 0 Å². The van der Waals surface area contributed by atoms with Gasteiger partial charge in [0.25, 0.3) is 5.91 Å². The summed E-state index contributed by atoms with van der Waals surface area (Å²) >= 11 is -0.267. The molecule has 2 amide bonds. The van der Waals surface area contributed by atoms with E-state index >= 15 is 0 Å². The molecule has 2 aromatic rings. The Hall–Kier alpha value is -3.08. The van der Waals surface area contributed by atoms with Crippen LogP contribution in [0.4, 0.5) is 23.2 Å². The molecule has 1 N–H and O–H groups in total. The number of nitrogens with zero attached hydrogens (tertiary/aromatic N) is 2. The predicted octanol–water partition coefficient (Wildman–Crippen LogP) is 5.63. The number of hydrogen-bond acceptors (Lipinski definition) is 4. The number of amides is 2. The molecule has 0 saturated heterocycles. The molecule has 6 nitrogen and oxygen atoms in total. The number of carboxylic acids is 1. The number of aliphatic carboxylic acids is 1. The highest BCUT2D eigenvalue weighted by atomic mass is 32.2. The molecule has 1 unspecified atom stereocenters. The second-order valence-electron chi connectivity index (χ2n) is 8.78. The largest absolute Gasteiger partial charge is 0.481 e. The monoisotopic (exact) mass is 524 g/mol. The number of benzene rings is 2. The van der Waals surface area contributed by atoms with E-state index in [1.54, 1.807) is 16.7 Å². The maximum atomic E-state index is 14.4. The van der Waals surface area contributed by atoms with Crippen molar-refractivity contribution in [1.82, 2.24) is 4.90 Å². The number of fused-ring (bicyclic) bond motifs is 2. The molecule has 0 spiro atoms. The number of thioether (sulfide) groups is 1. The van der Waals surface area contributed by atoms with Crippen LogP contribution >= 0.6 is 11.8 Å². The molecule has 2 aliphatic rings. The molecule has 1 saturated carbocycles. The predicted molar refractivity (Wildman–Crippen MR) is 125 cm³/mol. The number of rotatable bonds is 7. The number of alkyl halides is 3. The fourth-order valence-corrected chi connectivity index (χ4v) is 5.61. The van der Waals surface area contributed by atoms with Crippen molar-refractivity contribution >= 4 is 35.2 Å². The van der Waals surface area contributed by atoms with Crippen molar-refractivity contribution < 1.29 is 37.1 Å². The molecule has 36 heavy (non-hydrogen) atoms. The third kappa shape index (κ3) is 5.21. The molecule has 0 radical (unpaired) electrons. The summed E-state index contributed by atoms with van der Waals surface area (Å²) in [5.41, 5.74) is -3.35. The van der Waals surface area contributed by atoms with Crippen molar-refractivity contribution in [2.75, 3.05) is 11.4 Å². The second-order valence-corrected chi connectivity index (χ2v) is 9.92. The third-order valence-corrected chi connectivity index (χ3v) is 7.44. The van der Waals surface area contributed by atoms with Crippen LogP contribution in [0.15, 0.2) is 47.4 Å². The van der Waals surface area contributed by atoms with Crippen LogP contribution in [-0.2, 0) is 9.59 Å². The molecule has 3 atom stereocenters. The Morgan fingerprint density at radius 3 is 2.33 bits per heavy atom. The first kappa shape index (κ1) is 26.0. The molecule has 1 aliphatic heterocycles. The summed E-state index contributed by atoms with van der Waals surface area (Å²) < 4.78 is 52.4. The van der Waals surface area contributed by atoms with Gasteiger partial charge in [0.2, 0.25) is 5.91 Å². The number of hydrogen-bond donors (Lipinski definition) is 1. The maximum absolute atomic E-state index is 14.4. The van der Waals surface area contributed by atoms with Crippen molar-refractivity contribution in [3.63, 3.8) is 0 Å². The van der Waals surface area contributed by atoms with E-state index in [2.05, 4.69) is 0 Å². The van der Waals surface area contributed by atoms with Gasteiger partial charge >= 0.3 is 11.5 Å². The summed E-state index contributed by atoms with van der Waals surface area (Å²) in [4.78, 5) is 40.5. The van der Waals surface area contributed by atoms with Crippen LogP contribution in [0, 0.1) is 11.7 Å². The lowest BCUT2D eigenvalue weighted by atomic mass is 9.67. The van der Waals surface area contributed by atoms with Crippen LogP contribution in [0.25, 0.3) is 0 Å². The Bertz CT molecular complexity index is 1170. The topological polar surface area (TPSA) is 77.9 Å². The molecule has 4 rings (SSSR count). The fraction of sp³-hybridized carbons (Fsp3) is 0.400. The van der Waals surface area contributed by atoms with Crippen LogP contribution < -0.4 is 4.90 Å². The minimum atomic E-state index is -4.44. The first-order chi connectivity index (χ1) is 17.0. The molecule has 0 bridgehead atoms. The zero-order chi connectivity index (χ0) is 26.2. The summed E-state index contributed by atoms with van der Waals surface area (Å²) in [5.74, 6) is -2.58. The minimum Gasteiger partial charge on any atom is -0.481 e. The Labute approximate surface area is 209 Å². The van der Waals surface area contributed by atoms with Gasteiger partial charge in [-0.2, -0.15) is 13.2 Å². The van der Waals surface area contributed by atoms with Gasteiger partial charge in [0.1, 0.15) is 5.82 Å². The van der Waals surface area contributed by atoms with Crippen LogP contribution in [0.5, 0.6) is 0 Å². The molecule has 1 heterocycles. The molecule has 1 aliphatic carbocycles. The molecule has 192 valence electrons. The van der Waals surface area contributed by atoms with Crippen molar-refractivity contribution in [2.45, 2.75) is 55.1 Å². The van der Waals surface area contributed by atoms with E-state index < -0.39 is 29.2 Å². The lowest BCUT2D eigenvalue weighted by molar-refractivity contribution is -0.142. The van der Waals surface area contributed by atoms with E-state index in [1.807, 2.05) is 0 Å². The van der Waals surface area contributed by atoms with Crippen molar-refractivity contribution in [2.24, 2.45) is 5.92 Å². The van der Waals surface area contributed by atoms with Crippen LogP contribution in [-0.4, -0.2) is 45.9 Å². The molecule has 11 heteroatoms. The standard InChI is InChI=1S/C25H24F4N2O4S/c1-2-30(21(32)11-12-22(33)34)23-17-8-10-19(17)31(20-9-5-15(26)13-18(20)23)24(35)14-3-6-16(7-4-14)36-25(27,28)29/h3-7,9,13,17,19,23H,2,8,10-12H2,1H3,(H,33,34)/t17-,19+,23?/m0/s1. The van der Waals surface area contributed by atoms with Gasteiger partial charge < -0.3 is 14.9 Å². The quantitative estimate of drug-likeness (QED) is 0.375. The average Bonchev–Trinajstić information content (AvgIpc) is 2.78. The molecule has 1 fully saturated rings. The van der Waals surface area contributed by atoms with E-state index in [0.29, 0.717) is 24.1 Å². The number of carboxylic acid groups (broad SMARTS) is 1. The lowest BCUT2D eigenvalue weighted by Gasteiger charge is -2.55. The fourth-order valence-electron chi connectivity index (χ4n) is 5.07. The molecular weight excluding hydrogens is 500 g/mol. The zero-order valence-corrected chi connectivity index (χ0v) is 20.1. The van der Waals surface area contributed by atoms with Gasteiger partial charge in [0, 0.05) is 46.6 Å². The van der Waals surface area contributed by atoms with E-state index in [0.717, 1.165) is 0 Å². The number of halogens is 4. The van der Waals surface area contributed by atoms with Gasteiger partial charge in [0.05, 0.1) is 12.5 Å². The third-order valence-electron chi connectivity index (χ3n) is 6.70. The van der Waals surface area contributed by atoms with Crippen LogP contribution in [0.3, 0.4) is 0 Å². The Morgan fingerprint density at radius 2 is 1.78 bits per heavy atom.